The van der Waals surface area contributed by atoms with Gasteiger partial charge in [0.1, 0.15) is 5.75 Å². The number of anilines is 1. The number of aliphatic imine (C=N–C) groups is 1. The highest BCUT2D eigenvalue weighted by atomic mass is 16.5. The van der Waals surface area contributed by atoms with Crippen molar-refractivity contribution in [1.29, 1.82) is 0 Å². The quantitative estimate of drug-likeness (QED) is 0.724. The summed E-state index contributed by atoms with van der Waals surface area (Å²) < 4.78 is 5.13. The molecule has 1 aromatic carbocycles. The minimum absolute atomic E-state index is 0.156. The summed E-state index contributed by atoms with van der Waals surface area (Å²) in [5, 5.41) is 1.81. The molecule has 0 saturated heterocycles. The predicted molar refractivity (Wildman–Crippen MR) is 72.0 cm³/mol. The summed E-state index contributed by atoms with van der Waals surface area (Å²) in [6.07, 6.45) is 1.67. The monoisotopic (exact) mass is 247 g/mol. The Balaban J connectivity index is 2.30. The highest BCUT2D eigenvalue weighted by Crippen LogP contribution is 2.23. The second kappa shape index (κ2) is 4.97. The molecule has 5 N–H and O–H groups in total. The molecule has 6 heteroatoms. The van der Waals surface area contributed by atoms with E-state index in [9.17, 15) is 0 Å². The first-order chi connectivity index (χ1) is 8.61. The lowest BCUT2D eigenvalue weighted by Crippen LogP contribution is -2.50. The van der Waals surface area contributed by atoms with Crippen LogP contribution in [0.2, 0.25) is 0 Å². The van der Waals surface area contributed by atoms with Crippen molar-refractivity contribution in [3.8, 4) is 5.75 Å². The molecule has 0 bridgehead atoms. The third kappa shape index (κ3) is 2.38. The number of hydrogen-bond donors (Lipinski definition) is 3. The van der Waals surface area contributed by atoms with Crippen molar-refractivity contribution in [2.24, 2.45) is 16.5 Å². The minimum Gasteiger partial charge on any atom is -0.497 e. The van der Waals surface area contributed by atoms with Gasteiger partial charge in [0, 0.05) is 6.04 Å². The Morgan fingerprint density at radius 1 is 1.33 bits per heavy atom. The zero-order valence-electron chi connectivity index (χ0n) is 10.4. The van der Waals surface area contributed by atoms with Gasteiger partial charge in [-0.05, 0) is 31.2 Å². The molecule has 1 aliphatic rings. The van der Waals surface area contributed by atoms with Crippen molar-refractivity contribution in [3.63, 3.8) is 0 Å². The molecule has 0 spiro atoms. The van der Waals surface area contributed by atoms with Crippen LogP contribution >= 0.6 is 0 Å². The number of ether oxygens (including phenoxy) is 1. The second-order valence-corrected chi connectivity index (χ2v) is 4.00. The molecule has 0 amide bonds. The van der Waals surface area contributed by atoms with Gasteiger partial charge in [0.15, 0.2) is 0 Å². The van der Waals surface area contributed by atoms with Gasteiger partial charge in [-0.2, -0.15) is 0 Å². The number of benzene rings is 1. The Labute approximate surface area is 106 Å². The molecule has 0 aromatic heterocycles. The highest BCUT2D eigenvalue weighted by Gasteiger charge is 2.19. The van der Waals surface area contributed by atoms with E-state index in [1.807, 2.05) is 36.2 Å². The lowest BCUT2D eigenvalue weighted by molar-refractivity contribution is 0.415. The van der Waals surface area contributed by atoms with Crippen molar-refractivity contribution in [1.82, 2.24) is 5.43 Å². The number of guanidine groups is 1. The molecular weight excluding hydrogens is 230 g/mol. The SMILES string of the molecule is COc1ccc(N2NC(N)=NC=C2C(C)N)cc1. The molecule has 0 radical (unpaired) electrons. The molecule has 6 nitrogen and oxygen atoms in total. The molecule has 0 saturated carbocycles. The molecule has 2 rings (SSSR count). The molecule has 1 aromatic rings. The van der Waals surface area contributed by atoms with Crippen LogP contribution in [0.1, 0.15) is 6.92 Å². The number of nitrogens with two attached hydrogens (primary N) is 2. The number of hydrogen-bond acceptors (Lipinski definition) is 6. The Kier molecular flexibility index (Phi) is 3.38. The predicted octanol–water partition coefficient (Wildman–Crippen LogP) is 0.523. The Morgan fingerprint density at radius 2 is 2.00 bits per heavy atom. The fraction of sp³-hybridized carbons (Fsp3) is 0.250. The van der Waals surface area contributed by atoms with Crippen LogP contribution < -0.4 is 26.6 Å². The highest BCUT2D eigenvalue weighted by molar-refractivity contribution is 5.82. The molecule has 1 atom stereocenters. The van der Waals surface area contributed by atoms with Crippen LogP contribution in [0.3, 0.4) is 0 Å². The van der Waals surface area contributed by atoms with Crippen LogP contribution in [-0.4, -0.2) is 19.1 Å². The molecule has 0 fully saturated rings. The van der Waals surface area contributed by atoms with Gasteiger partial charge in [-0.25, -0.2) is 4.99 Å². The van der Waals surface area contributed by atoms with E-state index in [-0.39, 0.29) is 6.04 Å². The maximum Gasteiger partial charge on any atom is 0.212 e. The van der Waals surface area contributed by atoms with Crippen LogP contribution in [0.25, 0.3) is 0 Å². The van der Waals surface area contributed by atoms with Crippen molar-refractivity contribution < 1.29 is 4.74 Å². The number of nitrogens with one attached hydrogen (secondary N) is 1. The van der Waals surface area contributed by atoms with Crippen LogP contribution in [-0.2, 0) is 0 Å². The minimum atomic E-state index is -0.156. The van der Waals surface area contributed by atoms with E-state index in [1.165, 1.54) is 0 Å². The van der Waals surface area contributed by atoms with Gasteiger partial charge in [0.05, 0.1) is 24.7 Å². The van der Waals surface area contributed by atoms with Crippen molar-refractivity contribution in [3.05, 3.63) is 36.2 Å². The van der Waals surface area contributed by atoms with Gasteiger partial charge in [0.25, 0.3) is 0 Å². The van der Waals surface area contributed by atoms with E-state index < -0.39 is 0 Å². The first kappa shape index (κ1) is 12.3. The van der Waals surface area contributed by atoms with Gasteiger partial charge < -0.3 is 16.2 Å². The van der Waals surface area contributed by atoms with Gasteiger partial charge in [-0.3, -0.25) is 10.4 Å². The number of nitrogens with zero attached hydrogens (tertiary/aromatic N) is 2. The summed E-state index contributed by atoms with van der Waals surface area (Å²) in [5.74, 6) is 1.12. The number of hydrazine groups is 1. The fourth-order valence-electron chi connectivity index (χ4n) is 1.67. The van der Waals surface area contributed by atoms with Gasteiger partial charge in [-0.15, -0.1) is 0 Å². The smallest absolute Gasteiger partial charge is 0.212 e. The number of rotatable bonds is 3. The molecule has 1 unspecified atom stereocenters. The van der Waals surface area contributed by atoms with Crippen LogP contribution in [0, 0.1) is 0 Å². The van der Waals surface area contributed by atoms with E-state index in [0.717, 1.165) is 17.1 Å². The Morgan fingerprint density at radius 3 is 2.56 bits per heavy atom. The van der Waals surface area contributed by atoms with Crippen LogP contribution in [0.5, 0.6) is 5.75 Å². The lowest BCUT2D eigenvalue weighted by atomic mass is 10.2. The van der Waals surface area contributed by atoms with Gasteiger partial charge >= 0.3 is 0 Å². The largest absolute Gasteiger partial charge is 0.497 e. The van der Waals surface area contributed by atoms with E-state index in [2.05, 4.69) is 10.4 Å². The summed E-state index contributed by atoms with van der Waals surface area (Å²) in [6, 6.07) is 7.42. The zero-order chi connectivity index (χ0) is 13.1. The third-order valence-electron chi connectivity index (χ3n) is 2.62. The first-order valence-electron chi connectivity index (χ1n) is 5.61. The Hall–Kier alpha value is -2.21. The summed E-state index contributed by atoms with van der Waals surface area (Å²) in [4.78, 5) is 4.02. The molecular formula is C12H17N5O. The van der Waals surface area contributed by atoms with Gasteiger partial charge in [-0.1, -0.05) is 0 Å². The summed E-state index contributed by atoms with van der Waals surface area (Å²) >= 11 is 0. The maximum absolute atomic E-state index is 5.91. The van der Waals surface area contributed by atoms with Crippen LogP contribution in [0.4, 0.5) is 5.69 Å². The molecule has 1 aliphatic heterocycles. The molecule has 0 aliphatic carbocycles. The van der Waals surface area contributed by atoms with Crippen molar-refractivity contribution in [2.75, 3.05) is 12.1 Å². The third-order valence-corrected chi connectivity index (χ3v) is 2.62. The lowest BCUT2D eigenvalue weighted by Gasteiger charge is -2.32. The summed E-state index contributed by atoms with van der Waals surface area (Å²) in [5.41, 5.74) is 16.3. The summed E-state index contributed by atoms with van der Waals surface area (Å²) in [6.45, 7) is 1.89. The average Bonchev–Trinajstić information content (AvgIpc) is 2.38. The van der Waals surface area contributed by atoms with Crippen LogP contribution in [0.15, 0.2) is 41.2 Å². The van der Waals surface area contributed by atoms with Gasteiger partial charge in [0.2, 0.25) is 5.96 Å². The van der Waals surface area contributed by atoms with E-state index in [0.29, 0.717) is 5.96 Å². The van der Waals surface area contributed by atoms with E-state index >= 15 is 0 Å². The normalized spacial score (nSPS) is 16.5. The molecule has 18 heavy (non-hydrogen) atoms. The molecule has 96 valence electrons. The molecule has 1 heterocycles. The van der Waals surface area contributed by atoms with E-state index in [4.69, 9.17) is 16.2 Å². The summed E-state index contributed by atoms with van der Waals surface area (Å²) in [7, 11) is 1.63. The Bertz CT molecular complexity index is 478. The maximum atomic E-state index is 5.91. The van der Waals surface area contributed by atoms with E-state index in [1.54, 1.807) is 13.3 Å². The average molecular weight is 247 g/mol. The first-order valence-corrected chi connectivity index (χ1v) is 5.61. The fourth-order valence-corrected chi connectivity index (χ4v) is 1.67. The second-order valence-electron chi connectivity index (χ2n) is 4.00. The number of methoxy groups -OCH3 is 1. The standard InChI is InChI=1S/C12H17N5O/c1-8(13)11-7-15-12(14)16-17(11)9-3-5-10(18-2)6-4-9/h3-8H,13H2,1-2H3,(H3,14,15,16). The van der Waals surface area contributed by atoms with Crippen molar-refractivity contribution >= 4 is 11.6 Å². The zero-order valence-corrected chi connectivity index (χ0v) is 10.4. The van der Waals surface area contributed by atoms with Crippen molar-refractivity contribution in [2.45, 2.75) is 13.0 Å². The topological polar surface area (TPSA) is 88.9 Å².